The highest BCUT2D eigenvalue weighted by molar-refractivity contribution is 5.67. The fourth-order valence-electron chi connectivity index (χ4n) is 0.612. The second-order valence-electron chi connectivity index (χ2n) is 3.33. The second kappa shape index (κ2) is 3.69. The molecule has 0 radical (unpaired) electrons. The Balaban J connectivity index is 4.87. The van der Waals surface area contributed by atoms with Gasteiger partial charge in [-0.2, -0.15) is 0 Å². The van der Waals surface area contributed by atoms with Gasteiger partial charge >= 0.3 is 5.97 Å². The van der Waals surface area contributed by atoms with Gasteiger partial charge in [-0.1, -0.05) is 0 Å². The van der Waals surface area contributed by atoms with Crippen molar-refractivity contribution in [1.82, 2.24) is 0 Å². The van der Waals surface area contributed by atoms with Crippen molar-refractivity contribution in [3.8, 4) is 0 Å². The molecule has 0 rings (SSSR count). The molecule has 11 heavy (non-hydrogen) atoms. The molecule has 4 nitrogen and oxygen atoms in total. The summed E-state index contributed by atoms with van der Waals surface area (Å²) in [5, 5.41) is 18.0. The fraction of sp³-hybridized carbons (Fsp3) is 0.857. The lowest BCUT2D eigenvalue weighted by atomic mass is 10.2. The molecule has 0 fully saturated rings. The van der Waals surface area contributed by atoms with Crippen LogP contribution in [0.3, 0.4) is 0 Å². The van der Waals surface area contributed by atoms with Gasteiger partial charge in [-0.3, -0.25) is 4.79 Å². The molecule has 66 valence electrons. The summed E-state index contributed by atoms with van der Waals surface area (Å²) >= 11 is 0. The number of hydrogen-bond acceptors (Lipinski definition) is 2. The van der Waals surface area contributed by atoms with E-state index in [-0.39, 0.29) is 11.0 Å². The van der Waals surface area contributed by atoms with Crippen molar-refractivity contribution in [3.63, 3.8) is 0 Å². The van der Waals surface area contributed by atoms with Crippen molar-refractivity contribution >= 4 is 5.97 Å². The lowest BCUT2D eigenvalue weighted by Gasteiger charge is -2.25. The first-order valence-corrected chi connectivity index (χ1v) is 3.16. The van der Waals surface area contributed by atoms with Gasteiger partial charge in [0.05, 0.1) is 28.9 Å². The molecule has 0 bridgehead atoms. The number of aliphatic carboxylic acids is 1. The van der Waals surface area contributed by atoms with Crippen molar-refractivity contribution in [2.24, 2.45) is 0 Å². The molecular weight excluding hydrogens is 146 g/mol. The van der Waals surface area contributed by atoms with Crippen molar-refractivity contribution in [3.05, 3.63) is 0 Å². The Labute approximate surface area is 70.9 Å². The van der Waals surface area contributed by atoms with Crippen LogP contribution < -0.4 is 0 Å². The van der Waals surface area contributed by atoms with Gasteiger partial charge in [0.25, 0.3) is 0 Å². The molecule has 0 saturated carbocycles. The predicted molar refractivity (Wildman–Crippen MR) is 41.2 cm³/mol. The molecule has 0 aliphatic rings. The van der Waals surface area contributed by atoms with E-state index in [0.717, 1.165) is 0 Å². The largest absolute Gasteiger partial charge is 0.481 e. The smallest absolute Gasteiger partial charge is 0.306 e. The Morgan fingerprint density at radius 3 is 2.45 bits per heavy atom. The first-order valence-electron chi connectivity index (χ1n) is 4.66. The van der Waals surface area contributed by atoms with Gasteiger partial charge in [0.2, 0.25) is 0 Å². The van der Waals surface area contributed by atoms with Gasteiger partial charge in [-0.15, -0.1) is 0 Å². The summed E-state index contributed by atoms with van der Waals surface area (Å²) in [5.74, 6) is -1.83. The molecule has 0 heterocycles. The van der Waals surface area contributed by atoms with Gasteiger partial charge in [0.15, 0.2) is 0 Å². The Kier molecular flexibility index (Phi) is 2.00. The number of carboxylic acid groups (broad SMARTS) is 1. The van der Waals surface area contributed by atoms with E-state index >= 15 is 0 Å². The highest BCUT2D eigenvalue weighted by Gasteiger charge is 2.17. The van der Waals surface area contributed by atoms with Crippen molar-refractivity contribution < 1.29 is 23.6 Å². The zero-order valence-electron chi connectivity index (χ0n) is 9.96. The number of carbonyl (C=O) groups is 1. The molecule has 0 spiro atoms. The van der Waals surface area contributed by atoms with Crippen LogP contribution in [0.15, 0.2) is 0 Å². The van der Waals surface area contributed by atoms with Gasteiger partial charge in [0.1, 0.15) is 12.6 Å². The summed E-state index contributed by atoms with van der Waals surface area (Å²) in [6.45, 7) is -0.313. The first-order chi connectivity index (χ1) is 5.90. The molecular formula is C7H16NO3+. The number of rotatable bonds is 4. The Bertz CT molecular complexity index is 235. The molecule has 0 unspecified atom stereocenters. The van der Waals surface area contributed by atoms with E-state index < -0.39 is 18.4 Å². The van der Waals surface area contributed by atoms with Crippen LogP contribution in [0, 0.1) is 0 Å². The number of hydrogen-bond donors (Lipinski definition) is 2. The van der Waals surface area contributed by atoms with Gasteiger partial charge in [-0.25, -0.2) is 0 Å². The minimum absolute atomic E-state index is 0.104. The van der Waals surface area contributed by atoms with E-state index in [1.807, 2.05) is 0 Å². The molecule has 0 aromatic rings. The SMILES string of the molecule is [2H]C([2H])(C(=O)O)[C@@]([2H])(O)C[N+](C)(C)C. The Morgan fingerprint density at radius 2 is 2.18 bits per heavy atom. The summed E-state index contributed by atoms with van der Waals surface area (Å²) in [5.41, 5.74) is 0. The normalized spacial score (nSPS) is 22.7. The predicted octanol–water partition coefficient (Wildman–Crippen LogP) is -0.472. The number of quaternary nitrogens is 1. The highest BCUT2D eigenvalue weighted by atomic mass is 16.4. The van der Waals surface area contributed by atoms with E-state index in [4.69, 9.17) is 9.22 Å². The topological polar surface area (TPSA) is 57.5 Å². The van der Waals surface area contributed by atoms with Crippen LogP contribution in [0.2, 0.25) is 0 Å². The first kappa shape index (κ1) is 5.97. The summed E-state index contributed by atoms with van der Waals surface area (Å²) < 4.78 is 21.6. The average molecular weight is 165 g/mol. The van der Waals surface area contributed by atoms with Crippen LogP contribution in [-0.2, 0) is 4.79 Å². The molecule has 4 heteroatoms. The maximum absolute atomic E-state index is 10.5. The molecule has 0 aliphatic heterocycles. The van der Waals surface area contributed by atoms with Crippen molar-refractivity contribution in [2.45, 2.75) is 12.5 Å². The molecule has 0 saturated heterocycles. The van der Waals surface area contributed by atoms with Crippen molar-refractivity contribution in [1.29, 1.82) is 0 Å². The molecule has 0 aromatic carbocycles. The number of nitrogens with zero attached hydrogens (tertiary/aromatic N) is 1. The van der Waals surface area contributed by atoms with E-state index in [2.05, 4.69) is 0 Å². The van der Waals surface area contributed by atoms with E-state index in [9.17, 15) is 9.90 Å². The molecule has 2 N–H and O–H groups in total. The highest BCUT2D eigenvalue weighted by Crippen LogP contribution is 1.98. The quantitative estimate of drug-likeness (QED) is 0.554. The second-order valence-corrected chi connectivity index (χ2v) is 3.33. The monoisotopic (exact) mass is 165 g/mol. The summed E-state index contributed by atoms with van der Waals surface area (Å²) in [6, 6.07) is 0. The van der Waals surface area contributed by atoms with Gasteiger partial charge < -0.3 is 14.7 Å². The Hall–Kier alpha value is -0.610. The molecule has 0 amide bonds. The van der Waals surface area contributed by atoms with E-state index in [1.165, 1.54) is 0 Å². The maximum atomic E-state index is 10.5. The van der Waals surface area contributed by atoms with E-state index in [1.54, 1.807) is 21.1 Å². The zero-order chi connectivity index (χ0) is 11.8. The Morgan fingerprint density at radius 1 is 1.73 bits per heavy atom. The van der Waals surface area contributed by atoms with Crippen LogP contribution in [0.5, 0.6) is 0 Å². The van der Waals surface area contributed by atoms with E-state index in [0.29, 0.717) is 0 Å². The molecule has 0 aromatic heterocycles. The number of carboxylic acids is 1. The van der Waals surface area contributed by atoms with Gasteiger partial charge in [0, 0.05) is 2.74 Å². The zero-order valence-corrected chi connectivity index (χ0v) is 6.96. The molecule has 0 aliphatic carbocycles. The van der Waals surface area contributed by atoms with Crippen LogP contribution in [0.25, 0.3) is 0 Å². The average Bonchev–Trinajstić information content (AvgIpc) is 1.80. The standard InChI is InChI=1S/C7H15NO3/c1-8(2,3)5-6(9)4-7(10)11/h6,9H,4-5H2,1-3H3/p+1/t6-/m1/s1/i4D2,6D. The van der Waals surface area contributed by atoms with Crippen LogP contribution in [-0.4, -0.2) is 54.4 Å². The third-order valence-electron chi connectivity index (χ3n) is 0.875. The molecule has 1 atom stereocenters. The minimum atomic E-state index is -2.97. The minimum Gasteiger partial charge on any atom is -0.481 e. The van der Waals surface area contributed by atoms with Crippen molar-refractivity contribution in [2.75, 3.05) is 27.7 Å². The fourth-order valence-corrected chi connectivity index (χ4v) is 0.612. The van der Waals surface area contributed by atoms with Gasteiger partial charge in [-0.05, 0) is 0 Å². The lowest BCUT2D eigenvalue weighted by Crippen LogP contribution is -2.42. The third kappa shape index (κ3) is 7.29. The summed E-state index contributed by atoms with van der Waals surface area (Å²) in [4.78, 5) is 10.5. The summed E-state index contributed by atoms with van der Waals surface area (Å²) in [7, 11) is 4.91. The number of aliphatic hydroxyl groups is 1. The lowest BCUT2D eigenvalue weighted by molar-refractivity contribution is -0.873. The third-order valence-corrected chi connectivity index (χ3v) is 0.875. The maximum Gasteiger partial charge on any atom is 0.306 e. The van der Waals surface area contributed by atoms with Crippen LogP contribution in [0.4, 0.5) is 0 Å². The van der Waals surface area contributed by atoms with Crippen LogP contribution in [0.1, 0.15) is 10.5 Å². The number of likely N-dealkylation sites (N-methyl/N-ethyl adjacent to an activating group) is 1. The van der Waals surface area contributed by atoms with Crippen LogP contribution >= 0.6 is 0 Å². The summed E-state index contributed by atoms with van der Waals surface area (Å²) in [6.07, 6.45) is -5.62.